The van der Waals surface area contributed by atoms with Gasteiger partial charge in [0, 0.05) is 20.3 Å². The largest absolute Gasteiger partial charge is 0.385 e. The van der Waals surface area contributed by atoms with E-state index in [1.807, 2.05) is 37.3 Å². The zero-order valence-corrected chi connectivity index (χ0v) is 13.7. The molecule has 22 heavy (non-hydrogen) atoms. The number of carbonyl (C=O) groups is 1. The first-order valence-electron chi connectivity index (χ1n) is 7.24. The van der Waals surface area contributed by atoms with Gasteiger partial charge in [-0.15, -0.1) is 0 Å². The maximum atomic E-state index is 12.0. The van der Waals surface area contributed by atoms with Gasteiger partial charge in [0.1, 0.15) is 0 Å². The van der Waals surface area contributed by atoms with E-state index in [2.05, 4.69) is 15.3 Å². The SMILES string of the molecule is COCCCNC(=O)C(C)Sc1ncc(-c2ccccc2)[nH]1. The monoisotopic (exact) mass is 319 g/mol. The number of aromatic amines is 1. The van der Waals surface area contributed by atoms with Crippen molar-refractivity contribution in [3.63, 3.8) is 0 Å². The Morgan fingerprint density at radius 1 is 1.41 bits per heavy atom. The van der Waals surface area contributed by atoms with Crippen molar-refractivity contribution in [1.29, 1.82) is 0 Å². The first kappa shape index (κ1) is 16.6. The number of amides is 1. The van der Waals surface area contributed by atoms with Gasteiger partial charge < -0.3 is 15.0 Å². The first-order valence-corrected chi connectivity index (χ1v) is 8.12. The summed E-state index contributed by atoms with van der Waals surface area (Å²) < 4.78 is 4.95. The molecule has 0 aliphatic carbocycles. The van der Waals surface area contributed by atoms with Crippen LogP contribution in [0, 0.1) is 0 Å². The van der Waals surface area contributed by atoms with Crippen molar-refractivity contribution in [2.24, 2.45) is 0 Å². The molecule has 2 rings (SSSR count). The summed E-state index contributed by atoms with van der Waals surface area (Å²) in [5.41, 5.74) is 2.04. The molecule has 5 nitrogen and oxygen atoms in total. The van der Waals surface area contributed by atoms with Crippen molar-refractivity contribution in [3.8, 4) is 11.3 Å². The molecule has 1 aromatic heterocycles. The number of carbonyl (C=O) groups excluding carboxylic acids is 1. The molecular formula is C16H21N3O2S. The number of benzene rings is 1. The normalized spacial score (nSPS) is 12.1. The molecule has 1 heterocycles. The molecule has 1 unspecified atom stereocenters. The third kappa shape index (κ3) is 4.89. The molecule has 0 aliphatic heterocycles. The average molecular weight is 319 g/mol. The van der Waals surface area contributed by atoms with Crippen LogP contribution in [0.1, 0.15) is 13.3 Å². The number of hydrogen-bond acceptors (Lipinski definition) is 4. The van der Waals surface area contributed by atoms with Crippen molar-refractivity contribution >= 4 is 17.7 Å². The minimum atomic E-state index is -0.197. The first-order chi connectivity index (χ1) is 10.7. The topological polar surface area (TPSA) is 67.0 Å². The molecule has 6 heteroatoms. The zero-order valence-electron chi connectivity index (χ0n) is 12.8. The molecular weight excluding hydrogens is 298 g/mol. The average Bonchev–Trinajstić information content (AvgIpc) is 3.00. The van der Waals surface area contributed by atoms with Gasteiger partial charge in [-0.25, -0.2) is 4.98 Å². The van der Waals surface area contributed by atoms with Crippen LogP contribution in [-0.2, 0) is 9.53 Å². The fourth-order valence-corrected chi connectivity index (χ4v) is 2.73. The van der Waals surface area contributed by atoms with Gasteiger partial charge in [-0.2, -0.15) is 0 Å². The van der Waals surface area contributed by atoms with Crippen molar-refractivity contribution in [2.45, 2.75) is 23.8 Å². The minimum absolute atomic E-state index is 0.0127. The Morgan fingerprint density at radius 2 is 2.18 bits per heavy atom. The molecule has 1 amide bonds. The van der Waals surface area contributed by atoms with Crippen molar-refractivity contribution in [1.82, 2.24) is 15.3 Å². The van der Waals surface area contributed by atoms with Crippen LogP contribution < -0.4 is 5.32 Å². The molecule has 1 atom stereocenters. The third-order valence-electron chi connectivity index (χ3n) is 3.12. The molecule has 0 saturated heterocycles. The fourth-order valence-electron chi connectivity index (χ4n) is 1.92. The molecule has 0 radical (unpaired) electrons. The number of nitrogens with one attached hydrogen (secondary N) is 2. The van der Waals surface area contributed by atoms with E-state index in [1.54, 1.807) is 13.3 Å². The van der Waals surface area contributed by atoms with Crippen LogP contribution in [0.15, 0.2) is 41.7 Å². The number of H-pyrrole nitrogens is 1. The predicted octanol–water partition coefficient (Wildman–Crippen LogP) is 2.71. The highest BCUT2D eigenvalue weighted by Crippen LogP contribution is 2.24. The second kappa shape index (κ2) is 8.60. The molecule has 1 aromatic carbocycles. The van der Waals surface area contributed by atoms with E-state index >= 15 is 0 Å². The number of thioether (sulfide) groups is 1. The summed E-state index contributed by atoms with van der Waals surface area (Å²) in [5, 5.41) is 3.45. The number of ether oxygens (including phenoxy) is 1. The van der Waals surface area contributed by atoms with Crippen LogP contribution in [0.5, 0.6) is 0 Å². The lowest BCUT2D eigenvalue weighted by molar-refractivity contribution is -0.120. The summed E-state index contributed by atoms with van der Waals surface area (Å²) in [7, 11) is 1.65. The number of hydrogen-bond donors (Lipinski definition) is 2. The number of rotatable bonds is 8. The molecule has 0 bridgehead atoms. The van der Waals surface area contributed by atoms with Crippen LogP contribution in [0.2, 0.25) is 0 Å². The van der Waals surface area contributed by atoms with Crippen LogP contribution >= 0.6 is 11.8 Å². The summed E-state index contributed by atoms with van der Waals surface area (Å²) in [5.74, 6) is 0.0127. The highest BCUT2D eigenvalue weighted by Gasteiger charge is 2.15. The third-order valence-corrected chi connectivity index (χ3v) is 4.12. The minimum Gasteiger partial charge on any atom is -0.385 e. The molecule has 0 aliphatic rings. The number of nitrogens with zero attached hydrogens (tertiary/aromatic N) is 1. The van der Waals surface area contributed by atoms with E-state index in [4.69, 9.17) is 4.74 Å². The quantitative estimate of drug-likeness (QED) is 0.580. The van der Waals surface area contributed by atoms with Gasteiger partial charge >= 0.3 is 0 Å². The molecule has 0 spiro atoms. The Hall–Kier alpha value is -1.79. The summed E-state index contributed by atoms with van der Waals surface area (Å²) in [6.07, 6.45) is 2.61. The smallest absolute Gasteiger partial charge is 0.233 e. The highest BCUT2D eigenvalue weighted by atomic mass is 32.2. The van der Waals surface area contributed by atoms with Crippen LogP contribution in [-0.4, -0.2) is 41.4 Å². The fraction of sp³-hybridized carbons (Fsp3) is 0.375. The summed E-state index contributed by atoms with van der Waals surface area (Å²) in [6, 6.07) is 9.99. The lowest BCUT2D eigenvalue weighted by atomic mass is 10.2. The Balaban J connectivity index is 1.85. The summed E-state index contributed by atoms with van der Waals surface area (Å²) in [4.78, 5) is 19.5. The highest BCUT2D eigenvalue weighted by molar-refractivity contribution is 8.00. The molecule has 2 N–H and O–H groups in total. The van der Waals surface area contributed by atoms with E-state index in [0.717, 1.165) is 22.8 Å². The number of methoxy groups -OCH3 is 1. The lowest BCUT2D eigenvalue weighted by Crippen LogP contribution is -2.32. The molecule has 118 valence electrons. The number of aromatic nitrogens is 2. The van der Waals surface area contributed by atoms with Gasteiger partial charge in [0.05, 0.1) is 17.1 Å². The Morgan fingerprint density at radius 3 is 2.91 bits per heavy atom. The van der Waals surface area contributed by atoms with Gasteiger partial charge in [-0.1, -0.05) is 42.1 Å². The molecule has 0 fully saturated rings. The van der Waals surface area contributed by atoms with E-state index in [9.17, 15) is 4.79 Å². The Bertz CT molecular complexity index is 586. The van der Waals surface area contributed by atoms with Crippen molar-refractivity contribution in [2.75, 3.05) is 20.3 Å². The van der Waals surface area contributed by atoms with Gasteiger partial charge in [-0.3, -0.25) is 4.79 Å². The van der Waals surface area contributed by atoms with Crippen LogP contribution in [0.25, 0.3) is 11.3 Å². The summed E-state index contributed by atoms with van der Waals surface area (Å²) >= 11 is 1.42. The van der Waals surface area contributed by atoms with E-state index in [1.165, 1.54) is 11.8 Å². The van der Waals surface area contributed by atoms with Crippen molar-refractivity contribution < 1.29 is 9.53 Å². The van der Waals surface area contributed by atoms with E-state index in [-0.39, 0.29) is 11.2 Å². The lowest BCUT2D eigenvalue weighted by Gasteiger charge is -2.10. The zero-order chi connectivity index (χ0) is 15.8. The molecule has 2 aromatic rings. The van der Waals surface area contributed by atoms with Gasteiger partial charge in [-0.05, 0) is 18.9 Å². The second-order valence-electron chi connectivity index (χ2n) is 4.87. The second-order valence-corrected chi connectivity index (χ2v) is 6.20. The maximum Gasteiger partial charge on any atom is 0.233 e. The van der Waals surface area contributed by atoms with Crippen molar-refractivity contribution in [3.05, 3.63) is 36.5 Å². The van der Waals surface area contributed by atoms with Crippen LogP contribution in [0.4, 0.5) is 0 Å². The Kier molecular flexibility index (Phi) is 6.48. The summed E-state index contributed by atoms with van der Waals surface area (Å²) in [6.45, 7) is 3.16. The Labute approximate surface area is 134 Å². The molecule has 0 saturated carbocycles. The van der Waals surface area contributed by atoms with Gasteiger partial charge in [0.15, 0.2) is 5.16 Å². The standard InChI is InChI=1S/C16H21N3O2S/c1-12(15(20)17-9-6-10-21-2)22-16-18-11-14(19-16)13-7-4-3-5-8-13/h3-5,7-8,11-12H,6,9-10H2,1-2H3,(H,17,20)(H,18,19). The van der Waals surface area contributed by atoms with E-state index in [0.29, 0.717) is 13.2 Å². The van der Waals surface area contributed by atoms with Crippen LogP contribution in [0.3, 0.4) is 0 Å². The number of imidazole rings is 1. The maximum absolute atomic E-state index is 12.0. The van der Waals surface area contributed by atoms with Gasteiger partial charge in [0.2, 0.25) is 5.91 Å². The van der Waals surface area contributed by atoms with E-state index < -0.39 is 0 Å². The predicted molar refractivity (Wildman–Crippen MR) is 88.8 cm³/mol. The van der Waals surface area contributed by atoms with Gasteiger partial charge in [0.25, 0.3) is 0 Å².